The van der Waals surface area contributed by atoms with Crippen LogP contribution in [0.25, 0.3) is 0 Å². The Morgan fingerprint density at radius 2 is 1.86 bits per heavy atom. The zero-order valence-corrected chi connectivity index (χ0v) is 9.12. The number of rotatable bonds is 3. The monoisotopic (exact) mass is 193 g/mol. The van der Waals surface area contributed by atoms with Crippen molar-refractivity contribution in [3.63, 3.8) is 0 Å². The van der Waals surface area contributed by atoms with E-state index in [0.717, 1.165) is 12.8 Å². The van der Waals surface area contributed by atoms with Gasteiger partial charge >= 0.3 is 0 Å². The Kier molecular flexibility index (Phi) is 4.13. The fourth-order valence-electron chi connectivity index (χ4n) is 2.23. The zero-order chi connectivity index (χ0) is 10.6. The third-order valence-electron chi connectivity index (χ3n) is 3.14. The van der Waals surface area contributed by atoms with Gasteiger partial charge in [-0.15, -0.1) is 0 Å². The Bertz CT molecular complexity index is 233. The molecule has 78 valence electrons. The van der Waals surface area contributed by atoms with E-state index in [-0.39, 0.29) is 17.6 Å². The fourth-order valence-corrected chi connectivity index (χ4v) is 2.23. The highest BCUT2D eigenvalue weighted by molar-refractivity contribution is 5.85. The van der Waals surface area contributed by atoms with Crippen LogP contribution >= 0.6 is 0 Å². The molecule has 0 saturated heterocycles. The van der Waals surface area contributed by atoms with Crippen LogP contribution in [0, 0.1) is 29.1 Å². The van der Waals surface area contributed by atoms with Gasteiger partial charge in [0.1, 0.15) is 5.92 Å². The second kappa shape index (κ2) is 5.14. The molecule has 1 saturated carbocycles. The van der Waals surface area contributed by atoms with Crippen molar-refractivity contribution in [3.8, 4) is 6.07 Å². The lowest BCUT2D eigenvalue weighted by Crippen LogP contribution is -2.27. The van der Waals surface area contributed by atoms with Gasteiger partial charge < -0.3 is 0 Å². The van der Waals surface area contributed by atoms with E-state index in [4.69, 9.17) is 5.26 Å². The lowest BCUT2D eigenvalue weighted by Gasteiger charge is -2.25. The smallest absolute Gasteiger partial charge is 0.152 e. The minimum absolute atomic E-state index is 0.00146. The third kappa shape index (κ3) is 2.57. The highest BCUT2D eigenvalue weighted by Gasteiger charge is 2.30. The predicted octanol–water partition coefficient (Wildman–Crippen LogP) is 2.93. The fraction of sp³-hybridized carbons (Fsp3) is 0.833. The van der Waals surface area contributed by atoms with Crippen molar-refractivity contribution in [2.75, 3.05) is 0 Å². The van der Waals surface area contributed by atoms with Crippen molar-refractivity contribution in [2.24, 2.45) is 17.8 Å². The molecule has 1 aliphatic rings. The van der Waals surface area contributed by atoms with Crippen LogP contribution in [-0.2, 0) is 4.79 Å². The molecule has 0 heterocycles. The molecular formula is C12H19NO. The van der Waals surface area contributed by atoms with Crippen molar-refractivity contribution in [3.05, 3.63) is 0 Å². The van der Waals surface area contributed by atoms with Crippen molar-refractivity contribution in [2.45, 2.75) is 46.0 Å². The SMILES string of the molecule is CC(C)C(=O)C(C#N)C1CCCCC1. The molecule has 2 nitrogen and oxygen atoms in total. The first-order valence-electron chi connectivity index (χ1n) is 5.60. The minimum Gasteiger partial charge on any atom is -0.298 e. The number of nitrogens with zero attached hydrogens (tertiary/aromatic N) is 1. The Morgan fingerprint density at radius 1 is 1.29 bits per heavy atom. The molecule has 0 aliphatic heterocycles. The average molecular weight is 193 g/mol. The molecule has 0 radical (unpaired) electrons. The minimum atomic E-state index is -0.338. The first-order chi connectivity index (χ1) is 6.66. The first kappa shape index (κ1) is 11.2. The number of ketones is 1. The molecule has 0 spiro atoms. The molecule has 0 aromatic rings. The van der Waals surface area contributed by atoms with Gasteiger partial charge in [0.2, 0.25) is 0 Å². The average Bonchev–Trinajstić information content (AvgIpc) is 2.20. The van der Waals surface area contributed by atoms with Crippen molar-refractivity contribution in [1.29, 1.82) is 5.26 Å². The first-order valence-corrected chi connectivity index (χ1v) is 5.60. The molecule has 1 rings (SSSR count). The highest BCUT2D eigenvalue weighted by Crippen LogP contribution is 2.31. The van der Waals surface area contributed by atoms with Gasteiger partial charge in [-0.1, -0.05) is 33.1 Å². The van der Waals surface area contributed by atoms with Gasteiger partial charge in [-0.25, -0.2) is 0 Å². The number of Topliss-reactive ketones (excluding diaryl/α,β-unsaturated/α-hetero) is 1. The largest absolute Gasteiger partial charge is 0.298 e. The van der Waals surface area contributed by atoms with Crippen LogP contribution < -0.4 is 0 Å². The van der Waals surface area contributed by atoms with Gasteiger partial charge in [0.25, 0.3) is 0 Å². The standard InChI is InChI=1S/C12H19NO/c1-9(2)12(14)11(8-13)10-6-4-3-5-7-10/h9-11H,3-7H2,1-2H3. The molecule has 0 amide bonds. The molecule has 1 fully saturated rings. The summed E-state index contributed by atoms with van der Waals surface area (Å²) in [5.41, 5.74) is 0. The van der Waals surface area contributed by atoms with Gasteiger partial charge in [-0.2, -0.15) is 5.26 Å². The summed E-state index contributed by atoms with van der Waals surface area (Å²) in [5, 5.41) is 9.03. The third-order valence-corrected chi connectivity index (χ3v) is 3.14. The predicted molar refractivity (Wildman–Crippen MR) is 55.5 cm³/mol. The van der Waals surface area contributed by atoms with E-state index in [1.807, 2.05) is 13.8 Å². The maximum Gasteiger partial charge on any atom is 0.152 e. The van der Waals surface area contributed by atoms with Crippen molar-refractivity contribution in [1.82, 2.24) is 0 Å². The molecule has 1 atom stereocenters. The van der Waals surface area contributed by atoms with Crippen LogP contribution in [-0.4, -0.2) is 5.78 Å². The van der Waals surface area contributed by atoms with Gasteiger partial charge in [0.05, 0.1) is 6.07 Å². The van der Waals surface area contributed by atoms with E-state index < -0.39 is 0 Å². The number of carbonyl (C=O) groups excluding carboxylic acids is 1. The summed E-state index contributed by atoms with van der Waals surface area (Å²) < 4.78 is 0. The number of hydrogen-bond acceptors (Lipinski definition) is 2. The van der Waals surface area contributed by atoms with Gasteiger partial charge in [0, 0.05) is 5.92 Å². The number of nitriles is 1. The number of carbonyl (C=O) groups is 1. The number of hydrogen-bond donors (Lipinski definition) is 0. The van der Waals surface area contributed by atoms with Crippen LogP contribution in [0.1, 0.15) is 46.0 Å². The molecule has 0 aromatic carbocycles. The summed E-state index contributed by atoms with van der Waals surface area (Å²) >= 11 is 0. The summed E-state index contributed by atoms with van der Waals surface area (Å²) in [5.74, 6) is 0.139. The summed E-state index contributed by atoms with van der Waals surface area (Å²) in [7, 11) is 0. The maximum absolute atomic E-state index is 11.8. The summed E-state index contributed by atoms with van der Waals surface area (Å²) in [6.45, 7) is 3.77. The molecule has 2 heteroatoms. The topological polar surface area (TPSA) is 40.9 Å². The van der Waals surface area contributed by atoms with Crippen LogP contribution in [0.15, 0.2) is 0 Å². The van der Waals surface area contributed by atoms with E-state index in [1.165, 1.54) is 19.3 Å². The molecule has 0 aromatic heterocycles. The van der Waals surface area contributed by atoms with Crippen LogP contribution in [0.2, 0.25) is 0 Å². The zero-order valence-electron chi connectivity index (χ0n) is 9.12. The normalized spacial score (nSPS) is 20.4. The highest BCUT2D eigenvalue weighted by atomic mass is 16.1. The second-order valence-corrected chi connectivity index (χ2v) is 4.56. The Balaban J connectivity index is 2.61. The summed E-state index contributed by atoms with van der Waals surface area (Å²) in [6, 6.07) is 2.20. The maximum atomic E-state index is 11.8. The summed E-state index contributed by atoms with van der Waals surface area (Å²) in [4.78, 5) is 11.8. The lowest BCUT2D eigenvalue weighted by molar-refractivity contribution is -0.125. The Morgan fingerprint density at radius 3 is 2.29 bits per heavy atom. The van der Waals surface area contributed by atoms with Gasteiger partial charge in [0.15, 0.2) is 5.78 Å². The molecule has 14 heavy (non-hydrogen) atoms. The van der Waals surface area contributed by atoms with Crippen LogP contribution in [0.5, 0.6) is 0 Å². The van der Waals surface area contributed by atoms with E-state index in [9.17, 15) is 4.79 Å². The Labute approximate surface area is 86.3 Å². The lowest BCUT2D eigenvalue weighted by atomic mass is 9.77. The van der Waals surface area contributed by atoms with Crippen molar-refractivity contribution < 1.29 is 4.79 Å². The quantitative estimate of drug-likeness (QED) is 0.691. The molecule has 1 aliphatic carbocycles. The molecular weight excluding hydrogens is 174 g/mol. The summed E-state index contributed by atoms with van der Waals surface area (Å²) in [6.07, 6.45) is 5.78. The molecule has 1 unspecified atom stereocenters. The van der Waals surface area contributed by atoms with E-state index in [0.29, 0.717) is 5.92 Å². The van der Waals surface area contributed by atoms with E-state index in [1.54, 1.807) is 0 Å². The molecule has 0 bridgehead atoms. The van der Waals surface area contributed by atoms with Gasteiger partial charge in [-0.3, -0.25) is 4.79 Å². The molecule has 0 N–H and O–H groups in total. The van der Waals surface area contributed by atoms with E-state index in [2.05, 4.69) is 6.07 Å². The van der Waals surface area contributed by atoms with E-state index >= 15 is 0 Å². The second-order valence-electron chi connectivity index (χ2n) is 4.56. The Hall–Kier alpha value is -0.840. The van der Waals surface area contributed by atoms with Crippen molar-refractivity contribution >= 4 is 5.78 Å². The van der Waals surface area contributed by atoms with Crippen LogP contribution in [0.3, 0.4) is 0 Å². The van der Waals surface area contributed by atoms with Gasteiger partial charge in [-0.05, 0) is 18.8 Å². The van der Waals surface area contributed by atoms with Crippen LogP contribution in [0.4, 0.5) is 0 Å².